The van der Waals surface area contributed by atoms with Gasteiger partial charge < -0.3 is 10.6 Å². The van der Waals surface area contributed by atoms with Crippen LogP contribution >= 0.6 is 0 Å². The van der Waals surface area contributed by atoms with Gasteiger partial charge in [-0.05, 0) is 24.9 Å². The van der Waals surface area contributed by atoms with Gasteiger partial charge in [-0.25, -0.2) is 0 Å². The van der Waals surface area contributed by atoms with Gasteiger partial charge in [-0.15, -0.1) is 0 Å². The number of hydrogen-bond acceptors (Lipinski definition) is 2. The number of nitrogens with one attached hydrogen (secondary N) is 2. The average Bonchev–Trinajstić information content (AvgIpc) is 2.16. The van der Waals surface area contributed by atoms with Gasteiger partial charge in [-0.2, -0.15) is 0 Å². The maximum absolute atomic E-state index is 11.8. The van der Waals surface area contributed by atoms with Crippen molar-refractivity contribution in [2.45, 2.75) is 33.6 Å². The summed E-state index contributed by atoms with van der Waals surface area (Å²) in [6.07, 6.45) is 2.30. The Morgan fingerprint density at radius 3 is 2.40 bits per heavy atom. The highest BCUT2D eigenvalue weighted by Crippen LogP contribution is 2.16. The van der Waals surface area contributed by atoms with Crippen molar-refractivity contribution in [3.05, 3.63) is 0 Å². The van der Waals surface area contributed by atoms with Crippen LogP contribution in [0.25, 0.3) is 0 Å². The number of hydrogen-bond donors (Lipinski definition) is 2. The van der Waals surface area contributed by atoms with E-state index in [-0.39, 0.29) is 11.8 Å². The van der Waals surface area contributed by atoms with E-state index < -0.39 is 0 Å². The number of amides is 1. The van der Waals surface area contributed by atoms with E-state index in [1.54, 1.807) is 0 Å². The van der Waals surface area contributed by atoms with Crippen LogP contribution in [-0.4, -0.2) is 25.5 Å². The zero-order valence-corrected chi connectivity index (χ0v) is 10.2. The summed E-state index contributed by atoms with van der Waals surface area (Å²) in [7, 11) is 0. The van der Waals surface area contributed by atoms with Gasteiger partial charge in [0.25, 0.3) is 0 Å². The van der Waals surface area contributed by atoms with Crippen molar-refractivity contribution in [2.24, 2.45) is 17.8 Å². The summed E-state index contributed by atoms with van der Waals surface area (Å²) >= 11 is 0. The fourth-order valence-corrected chi connectivity index (χ4v) is 1.86. The molecule has 0 aromatic rings. The third-order valence-corrected chi connectivity index (χ3v) is 3.65. The molecule has 0 bridgehead atoms. The third kappa shape index (κ3) is 3.49. The SMILES string of the molecule is CCC(CC)CNC(=O)C(C)C1CNC1. The molecule has 1 rings (SSSR count). The van der Waals surface area contributed by atoms with Gasteiger partial charge in [-0.1, -0.05) is 33.6 Å². The lowest BCUT2D eigenvalue weighted by Crippen LogP contribution is -2.50. The van der Waals surface area contributed by atoms with Crippen molar-refractivity contribution in [1.82, 2.24) is 10.6 Å². The van der Waals surface area contributed by atoms with E-state index in [0.29, 0.717) is 11.8 Å². The van der Waals surface area contributed by atoms with Crippen LogP contribution in [0.5, 0.6) is 0 Å². The maximum atomic E-state index is 11.8. The Bertz CT molecular complexity index is 198. The molecular formula is C12H24N2O. The second-order valence-corrected chi connectivity index (χ2v) is 4.63. The van der Waals surface area contributed by atoms with Crippen LogP contribution < -0.4 is 10.6 Å². The molecule has 88 valence electrons. The molecule has 0 radical (unpaired) electrons. The van der Waals surface area contributed by atoms with Gasteiger partial charge in [0.15, 0.2) is 0 Å². The minimum atomic E-state index is 0.167. The lowest BCUT2D eigenvalue weighted by molar-refractivity contribution is -0.126. The molecule has 0 aromatic carbocycles. The molecule has 1 fully saturated rings. The van der Waals surface area contributed by atoms with Crippen molar-refractivity contribution < 1.29 is 4.79 Å². The van der Waals surface area contributed by atoms with E-state index in [4.69, 9.17) is 0 Å². The molecule has 15 heavy (non-hydrogen) atoms. The molecule has 1 aliphatic rings. The van der Waals surface area contributed by atoms with Crippen LogP contribution in [0.3, 0.4) is 0 Å². The first kappa shape index (κ1) is 12.5. The molecule has 3 nitrogen and oxygen atoms in total. The minimum Gasteiger partial charge on any atom is -0.356 e. The van der Waals surface area contributed by atoms with Crippen LogP contribution in [0.1, 0.15) is 33.6 Å². The summed E-state index contributed by atoms with van der Waals surface area (Å²) in [5.74, 6) is 1.58. The molecule has 3 heteroatoms. The average molecular weight is 212 g/mol. The summed E-state index contributed by atoms with van der Waals surface area (Å²) in [6.45, 7) is 9.24. The molecule has 0 saturated carbocycles. The monoisotopic (exact) mass is 212 g/mol. The van der Waals surface area contributed by atoms with E-state index in [1.807, 2.05) is 6.92 Å². The molecule has 1 atom stereocenters. The summed E-state index contributed by atoms with van der Waals surface area (Å²) < 4.78 is 0. The number of rotatable bonds is 6. The molecule has 1 saturated heterocycles. The highest BCUT2D eigenvalue weighted by molar-refractivity contribution is 5.78. The molecule has 2 N–H and O–H groups in total. The second kappa shape index (κ2) is 6.11. The van der Waals surface area contributed by atoms with Crippen LogP contribution in [0.2, 0.25) is 0 Å². The van der Waals surface area contributed by atoms with E-state index in [1.165, 1.54) is 0 Å². The van der Waals surface area contributed by atoms with Crippen molar-refractivity contribution in [2.75, 3.05) is 19.6 Å². The third-order valence-electron chi connectivity index (χ3n) is 3.65. The van der Waals surface area contributed by atoms with Gasteiger partial charge in [0.05, 0.1) is 0 Å². The molecule has 1 aliphatic heterocycles. The second-order valence-electron chi connectivity index (χ2n) is 4.63. The van der Waals surface area contributed by atoms with E-state index >= 15 is 0 Å². The highest BCUT2D eigenvalue weighted by atomic mass is 16.1. The Balaban J connectivity index is 2.22. The van der Waals surface area contributed by atoms with Crippen molar-refractivity contribution in [3.63, 3.8) is 0 Å². The molecule has 1 unspecified atom stereocenters. The fraction of sp³-hybridized carbons (Fsp3) is 0.917. The fourth-order valence-electron chi connectivity index (χ4n) is 1.86. The molecule has 0 aromatic heterocycles. The van der Waals surface area contributed by atoms with Crippen LogP contribution in [0.4, 0.5) is 0 Å². The Morgan fingerprint density at radius 1 is 1.40 bits per heavy atom. The van der Waals surface area contributed by atoms with E-state index in [9.17, 15) is 4.79 Å². The normalized spacial score (nSPS) is 18.7. The topological polar surface area (TPSA) is 41.1 Å². The first-order valence-corrected chi connectivity index (χ1v) is 6.17. The Hall–Kier alpha value is -0.570. The molecule has 0 aliphatic carbocycles. The number of carbonyl (C=O) groups excluding carboxylic acids is 1. The summed E-state index contributed by atoms with van der Waals surface area (Å²) in [5.41, 5.74) is 0. The van der Waals surface area contributed by atoms with Gasteiger partial charge >= 0.3 is 0 Å². The smallest absolute Gasteiger partial charge is 0.223 e. The van der Waals surface area contributed by atoms with Crippen molar-refractivity contribution >= 4 is 5.91 Å². The standard InChI is InChI=1S/C12H24N2O/c1-4-10(5-2)6-14-12(15)9(3)11-7-13-8-11/h9-11,13H,4-8H2,1-3H3,(H,14,15). The maximum Gasteiger partial charge on any atom is 0.223 e. The molecule has 1 heterocycles. The Kier molecular flexibility index (Phi) is 5.09. The Labute approximate surface area is 93.0 Å². The lowest BCUT2D eigenvalue weighted by Gasteiger charge is -2.32. The van der Waals surface area contributed by atoms with Crippen LogP contribution in [-0.2, 0) is 4.79 Å². The zero-order valence-electron chi connectivity index (χ0n) is 10.2. The number of carbonyl (C=O) groups is 1. The molecule has 0 spiro atoms. The lowest BCUT2D eigenvalue weighted by atomic mass is 9.88. The highest BCUT2D eigenvalue weighted by Gasteiger charge is 2.28. The van der Waals surface area contributed by atoms with E-state index in [0.717, 1.165) is 32.5 Å². The largest absolute Gasteiger partial charge is 0.356 e. The van der Waals surface area contributed by atoms with Gasteiger partial charge in [-0.3, -0.25) is 4.79 Å². The van der Waals surface area contributed by atoms with Gasteiger partial charge in [0, 0.05) is 12.5 Å². The quantitative estimate of drug-likeness (QED) is 0.698. The van der Waals surface area contributed by atoms with Crippen molar-refractivity contribution in [3.8, 4) is 0 Å². The predicted molar refractivity (Wildman–Crippen MR) is 62.6 cm³/mol. The summed E-state index contributed by atoms with van der Waals surface area (Å²) in [6, 6.07) is 0. The van der Waals surface area contributed by atoms with E-state index in [2.05, 4.69) is 24.5 Å². The van der Waals surface area contributed by atoms with Crippen LogP contribution in [0, 0.1) is 17.8 Å². The summed E-state index contributed by atoms with van der Waals surface area (Å²) in [5, 5.41) is 6.27. The van der Waals surface area contributed by atoms with Gasteiger partial charge in [0.2, 0.25) is 5.91 Å². The van der Waals surface area contributed by atoms with Gasteiger partial charge in [0.1, 0.15) is 0 Å². The first-order valence-electron chi connectivity index (χ1n) is 6.17. The molecular weight excluding hydrogens is 188 g/mol. The van der Waals surface area contributed by atoms with Crippen LogP contribution in [0.15, 0.2) is 0 Å². The predicted octanol–water partition coefficient (Wildman–Crippen LogP) is 1.39. The van der Waals surface area contributed by atoms with Crippen molar-refractivity contribution in [1.29, 1.82) is 0 Å². The minimum absolute atomic E-state index is 0.167. The molecule has 1 amide bonds. The zero-order chi connectivity index (χ0) is 11.3. The first-order chi connectivity index (χ1) is 7.19. The Morgan fingerprint density at radius 2 is 2.00 bits per heavy atom. The summed E-state index contributed by atoms with van der Waals surface area (Å²) in [4.78, 5) is 11.8.